The summed E-state index contributed by atoms with van der Waals surface area (Å²) >= 11 is 0. The Kier molecular flexibility index (Phi) is 5.49. The lowest BCUT2D eigenvalue weighted by molar-refractivity contribution is 0.0953. The smallest absolute Gasteiger partial charge is 0.265 e. The molecular formula is C17H21N3O. The van der Waals surface area contributed by atoms with Crippen LogP contribution in [0.1, 0.15) is 21.5 Å². The highest BCUT2D eigenvalue weighted by molar-refractivity contribution is 5.93. The summed E-state index contributed by atoms with van der Waals surface area (Å²) in [4.78, 5) is 13.6. The van der Waals surface area contributed by atoms with Gasteiger partial charge in [-0.25, -0.2) is 5.84 Å². The van der Waals surface area contributed by atoms with Gasteiger partial charge in [0, 0.05) is 18.7 Å². The van der Waals surface area contributed by atoms with Gasteiger partial charge >= 0.3 is 0 Å². The summed E-state index contributed by atoms with van der Waals surface area (Å²) in [5, 5.41) is 0. The Labute approximate surface area is 125 Å². The van der Waals surface area contributed by atoms with Crippen LogP contribution < -0.4 is 11.3 Å². The van der Waals surface area contributed by atoms with Crippen molar-refractivity contribution in [3.05, 3.63) is 71.3 Å². The quantitative estimate of drug-likeness (QED) is 0.484. The van der Waals surface area contributed by atoms with Gasteiger partial charge in [0.1, 0.15) is 0 Å². The number of nitrogens with one attached hydrogen (secondary N) is 1. The number of nitrogen functional groups attached to an aromatic ring is 1. The van der Waals surface area contributed by atoms with E-state index < -0.39 is 0 Å². The second-order valence-corrected chi connectivity index (χ2v) is 5.14. The molecule has 1 amide bonds. The van der Waals surface area contributed by atoms with E-state index in [-0.39, 0.29) is 5.91 Å². The number of nitrogens with two attached hydrogens (primary N) is 1. The van der Waals surface area contributed by atoms with Crippen molar-refractivity contribution in [1.29, 1.82) is 0 Å². The molecule has 0 radical (unpaired) electrons. The molecule has 0 aliphatic carbocycles. The average Bonchev–Trinajstić information content (AvgIpc) is 2.54. The molecule has 4 heteroatoms. The molecule has 110 valence electrons. The minimum absolute atomic E-state index is 0.265. The maximum absolute atomic E-state index is 11.4. The Morgan fingerprint density at radius 3 is 2.33 bits per heavy atom. The first-order valence-electron chi connectivity index (χ1n) is 7.01. The standard InChI is InChI=1S/C17H21N3O/c1-20(12-11-14-5-3-2-4-6-14)13-15-7-9-16(10-8-15)17(21)19-18/h2-10H,11-13,18H2,1H3,(H,19,21). The van der Waals surface area contributed by atoms with E-state index in [4.69, 9.17) is 5.84 Å². The van der Waals surface area contributed by atoms with Gasteiger partial charge in [-0.3, -0.25) is 10.2 Å². The molecule has 0 fully saturated rings. The van der Waals surface area contributed by atoms with E-state index in [0.717, 1.165) is 19.5 Å². The molecular weight excluding hydrogens is 262 g/mol. The fraction of sp³-hybridized carbons (Fsp3) is 0.235. The largest absolute Gasteiger partial charge is 0.302 e. The summed E-state index contributed by atoms with van der Waals surface area (Å²) in [7, 11) is 2.10. The summed E-state index contributed by atoms with van der Waals surface area (Å²) in [6, 6.07) is 18.0. The van der Waals surface area contributed by atoms with E-state index in [1.54, 1.807) is 12.1 Å². The molecule has 0 aliphatic rings. The van der Waals surface area contributed by atoms with Crippen LogP contribution in [0.25, 0.3) is 0 Å². The van der Waals surface area contributed by atoms with Crippen molar-refractivity contribution in [3.63, 3.8) is 0 Å². The molecule has 3 N–H and O–H groups in total. The van der Waals surface area contributed by atoms with Crippen LogP contribution in [0.3, 0.4) is 0 Å². The Morgan fingerprint density at radius 1 is 1.05 bits per heavy atom. The Hall–Kier alpha value is -2.17. The Morgan fingerprint density at radius 2 is 1.71 bits per heavy atom. The highest BCUT2D eigenvalue weighted by Crippen LogP contribution is 2.08. The van der Waals surface area contributed by atoms with Gasteiger partial charge in [-0.1, -0.05) is 42.5 Å². The molecule has 0 saturated heterocycles. The molecule has 0 aromatic heterocycles. The van der Waals surface area contributed by atoms with Gasteiger partial charge in [-0.05, 0) is 36.7 Å². The van der Waals surface area contributed by atoms with Crippen LogP contribution in [-0.4, -0.2) is 24.4 Å². The molecule has 0 spiro atoms. The van der Waals surface area contributed by atoms with Crippen LogP contribution in [0.4, 0.5) is 0 Å². The van der Waals surface area contributed by atoms with Crippen LogP contribution in [0.2, 0.25) is 0 Å². The van der Waals surface area contributed by atoms with Gasteiger partial charge in [0.05, 0.1) is 0 Å². The maximum Gasteiger partial charge on any atom is 0.265 e. The van der Waals surface area contributed by atoms with Gasteiger partial charge in [-0.15, -0.1) is 0 Å². The molecule has 4 nitrogen and oxygen atoms in total. The zero-order valence-electron chi connectivity index (χ0n) is 12.3. The molecule has 0 heterocycles. The van der Waals surface area contributed by atoms with Gasteiger partial charge in [0.15, 0.2) is 0 Å². The summed E-state index contributed by atoms with van der Waals surface area (Å²) < 4.78 is 0. The van der Waals surface area contributed by atoms with Crippen molar-refractivity contribution in [2.24, 2.45) is 5.84 Å². The Balaban J connectivity index is 1.85. The number of hydrazine groups is 1. The van der Waals surface area contributed by atoms with Crippen molar-refractivity contribution in [3.8, 4) is 0 Å². The molecule has 0 aliphatic heterocycles. The number of amides is 1. The summed E-state index contributed by atoms with van der Waals surface area (Å²) in [5.74, 6) is 4.85. The van der Waals surface area contributed by atoms with Gasteiger partial charge < -0.3 is 4.90 Å². The number of hydrogen-bond acceptors (Lipinski definition) is 3. The first-order valence-corrected chi connectivity index (χ1v) is 7.01. The van der Waals surface area contributed by atoms with Crippen LogP contribution >= 0.6 is 0 Å². The third-order valence-electron chi connectivity index (χ3n) is 3.42. The van der Waals surface area contributed by atoms with Crippen molar-refractivity contribution in [1.82, 2.24) is 10.3 Å². The highest BCUT2D eigenvalue weighted by atomic mass is 16.2. The van der Waals surface area contributed by atoms with E-state index in [1.807, 2.05) is 18.2 Å². The minimum atomic E-state index is -0.265. The summed E-state index contributed by atoms with van der Waals surface area (Å²) in [6.45, 7) is 1.85. The molecule has 21 heavy (non-hydrogen) atoms. The van der Waals surface area contributed by atoms with Crippen molar-refractivity contribution < 1.29 is 4.79 Å². The van der Waals surface area contributed by atoms with Crippen molar-refractivity contribution in [2.45, 2.75) is 13.0 Å². The van der Waals surface area contributed by atoms with Gasteiger partial charge in [-0.2, -0.15) is 0 Å². The summed E-state index contributed by atoms with van der Waals surface area (Å²) in [5.41, 5.74) is 5.23. The van der Waals surface area contributed by atoms with Crippen LogP contribution in [-0.2, 0) is 13.0 Å². The van der Waals surface area contributed by atoms with Crippen LogP contribution in [0, 0.1) is 0 Å². The van der Waals surface area contributed by atoms with E-state index in [0.29, 0.717) is 5.56 Å². The maximum atomic E-state index is 11.4. The number of carbonyl (C=O) groups excluding carboxylic acids is 1. The fourth-order valence-electron chi connectivity index (χ4n) is 2.20. The first-order chi connectivity index (χ1) is 10.2. The topological polar surface area (TPSA) is 58.4 Å². The van der Waals surface area contributed by atoms with Gasteiger partial charge in [0.25, 0.3) is 5.91 Å². The monoisotopic (exact) mass is 283 g/mol. The number of rotatable bonds is 6. The molecule has 2 aromatic rings. The SMILES string of the molecule is CN(CCc1ccccc1)Cc1ccc(C(=O)NN)cc1. The molecule has 0 unspecified atom stereocenters. The predicted octanol–water partition coefficient (Wildman–Crippen LogP) is 1.96. The second-order valence-electron chi connectivity index (χ2n) is 5.14. The van der Waals surface area contributed by atoms with E-state index in [9.17, 15) is 4.79 Å². The lowest BCUT2D eigenvalue weighted by Crippen LogP contribution is -2.29. The van der Waals surface area contributed by atoms with E-state index in [1.165, 1.54) is 11.1 Å². The van der Waals surface area contributed by atoms with E-state index >= 15 is 0 Å². The second kappa shape index (κ2) is 7.57. The van der Waals surface area contributed by atoms with Crippen LogP contribution in [0.5, 0.6) is 0 Å². The number of benzene rings is 2. The number of carbonyl (C=O) groups is 1. The highest BCUT2D eigenvalue weighted by Gasteiger charge is 2.04. The molecule has 0 atom stereocenters. The van der Waals surface area contributed by atoms with Crippen molar-refractivity contribution >= 4 is 5.91 Å². The predicted molar refractivity (Wildman–Crippen MR) is 84.6 cm³/mol. The lowest BCUT2D eigenvalue weighted by Gasteiger charge is -2.16. The van der Waals surface area contributed by atoms with Crippen LogP contribution in [0.15, 0.2) is 54.6 Å². The minimum Gasteiger partial charge on any atom is -0.302 e. The fourth-order valence-corrected chi connectivity index (χ4v) is 2.20. The molecule has 0 saturated carbocycles. The third-order valence-corrected chi connectivity index (χ3v) is 3.42. The molecule has 2 rings (SSSR count). The normalized spacial score (nSPS) is 10.6. The molecule has 0 bridgehead atoms. The van der Waals surface area contributed by atoms with Gasteiger partial charge in [0.2, 0.25) is 0 Å². The average molecular weight is 283 g/mol. The molecule has 2 aromatic carbocycles. The number of hydrogen-bond donors (Lipinski definition) is 2. The Bertz CT molecular complexity index is 566. The van der Waals surface area contributed by atoms with Crippen molar-refractivity contribution in [2.75, 3.05) is 13.6 Å². The lowest BCUT2D eigenvalue weighted by atomic mass is 10.1. The first kappa shape index (κ1) is 15.2. The third kappa shape index (κ3) is 4.70. The number of nitrogens with zero attached hydrogens (tertiary/aromatic N) is 1. The summed E-state index contributed by atoms with van der Waals surface area (Å²) in [6.07, 6.45) is 1.03. The number of likely N-dealkylation sites (N-methyl/N-ethyl adjacent to an activating group) is 1. The zero-order chi connectivity index (χ0) is 15.1. The zero-order valence-corrected chi connectivity index (χ0v) is 12.3. The van der Waals surface area contributed by atoms with E-state index in [2.05, 4.69) is 41.6 Å².